The maximum Gasteiger partial charge on any atom is 0.254 e. The Hall–Kier alpha value is -2.42. The fourth-order valence-electron chi connectivity index (χ4n) is 2.71. The number of aryl methyl sites for hydroxylation is 2. The standard InChI is InChI=1S/C18H19N3O3S2/c1-12-3-4-13(2)21(12)18-16(9-10-25-18)17(22)20-11-14-5-7-15(8-6-14)26(19,23)24/h3-10H,11H2,1-2H3,(H,20,22)(H2,19,23,24). The number of nitrogens with two attached hydrogens (primary N) is 1. The third kappa shape index (κ3) is 3.72. The maximum atomic E-state index is 12.6. The molecule has 0 atom stereocenters. The molecule has 0 unspecified atom stereocenters. The number of sulfonamides is 1. The quantitative estimate of drug-likeness (QED) is 0.702. The minimum absolute atomic E-state index is 0.0475. The average Bonchev–Trinajstić information content (AvgIpc) is 3.18. The van der Waals surface area contributed by atoms with E-state index in [9.17, 15) is 13.2 Å². The minimum Gasteiger partial charge on any atom is -0.348 e. The molecule has 0 fully saturated rings. The molecule has 0 saturated carbocycles. The van der Waals surface area contributed by atoms with Crippen LogP contribution in [0.15, 0.2) is 52.7 Å². The summed E-state index contributed by atoms with van der Waals surface area (Å²) in [6.07, 6.45) is 0. The molecule has 3 N–H and O–H groups in total. The molecule has 3 aromatic rings. The van der Waals surface area contributed by atoms with Crippen molar-refractivity contribution in [2.75, 3.05) is 0 Å². The lowest BCUT2D eigenvalue weighted by Crippen LogP contribution is -2.23. The fraction of sp³-hybridized carbons (Fsp3) is 0.167. The van der Waals surface area contributed by atoms with Gasteiger partial charge in [0.2, 0.25) is 10.0 Å². The third-order valence-corrected chi connectivity index (χ3v) is 5.90. The molecule has 8 heteroatoms. The Morgan fingerprint density at radius 1 is 1.08 bits per heavy atom. The highest BCUT2D eigenvalue weighted by Gasteiger charge is 2.16. The van der Waals surface area contributed by atoms with Crippen molar-refractivity contribution >= 4 is 27.3 Å². The van der Waals surface area contributed by atoms with Gasteiger partial charge < -0.3 is 9.88 Å². The van der Waals surface area contributed by atoms with Gasteiger partial charge >= 0.3 is 0 Å². The van der Waals surface area contributed by atoms with E-state index in [1.165, 1.54) is 23.5 Å². The average molecular weight is 390 g/mol. The summed E-state index contributed by atoms with van der Waals surface area (Å²) in [5.74, 6) is -0.177. The van der Waals surface area contributed by atoms with Gasteiger partial charge in [0, 0.05) is 17.9 Å². The number of nitrogens with one attached hydrogen (secondary N) is 1. The molecule has 1 aromatic carbocycles. The van der Waals surface area contributed by atoms with Crippen LogP contribution < -0.4 is 10.5 Å². The first kappa shape index (κ1) is 18.4. The predicted octanol–water partition coefficient (Wildman–Crippen LogP) is 2.73. The molecule has 0 spiro atoms. The number of hydrogen-bond donors (Lipinski definition) is 2. The van der Waals surface area contributed by atoms with Crippen molar-refractivity contribution < 1.29 is 13.2 Å². The zero-order valence-electron chi connectivity index (χ0n) is 14.4. The molecule has 0 aliphatic heterocycles. The summed E-state index contributed by atoms with van der Waals surface area (Å²) in [7, 11) is -3.71. The van der Waals surface area contributed by atoms with E-state index in [4.69, 9.17) is 5.14 Å². The summed E-state index contributed by atoms with van der Waals surface area (Å²) < 4.78 is 24.6. The molecule has 1 amide bonds. The summed E-state index contributed by atoms with van der Waals surface area (Å²) in [6.45, 7) is 4.30. The van der Waals surface area contributed by atoms with Gasteiger partial charge in [-0.25, -0.2) is 13.6 Å². The number of hydrogen-bond acceptors (Lipinski definition) is 4. The van der Waals surface area contributed by atoms with Crippen LogP contribution in [0.25, 0.3) is 5.00 Å². The largest absolute Gasteiger partial charge is 0.348 e. The summed E-state index contributed by atoms with van der Waals surface area (Å²) in [4.78, 5) is 12.7. The summed E-state index contributed by atoms with van der Waals surface area (Å²) in [6, 6.07) is 12.0. The topological polar surface area (TPSA) is 94.2 Å². The predicted molar refractivity (Wildman–Crippen MR) is 102 cm³/mol. The number of aromatic nitrogens is 1. The van der Waals surface area contributed by atoms with Crippen LogP contribution in [0.1, 0.15) is 27.3 Å². The van der Waals surface area contributed by atoms with Crippen molar-refractivity contribution in [3.05, 3.63) is 70.4 Å². The van der Waals surface area contributed by atoms with Gasteiger partial charge in [-0.1, -0.05) is 12.1 Å². The second-order valence-electron chi connectivity index (χ2n) is 5.96. The highest BCUT2D eigenvalue weighted by atomic mass is 32.2. The van der Waals surface area contributed by atoms with Crippen molar-refractivity contribution in [3.8, 4) is 5.00 Å². The Morgan fingerprint density at radius 3 is 2.27 bits per heavy atom. The summed E-state index contributed by atoms with van der Waals surface area (Å²) >= 11 is 1.51. The second-order valence-corrected chi connectivity index (χ2v) is 8.42. The first-order valence-electron chi connectivity index (χ1n) is 7.90. The zero-order chi connectivity index (χ0) is 18.9. The maximum absolute atomic E-state index is 12.6. The molecule has 136 valence electrons. The van der Waals surface area contributed by atoms with E-state index < -0.39 is 10.0 Å². The van der Waals surface area contributed by atoms with E-state index >= 15 is 0 Å². The van der Waals surface area contributed by atoms with E-state index in [2.05, 4.69) is 9.88 Å². The Bertz CT molecular complexity index is 1030. The number of benzene rings is 1. The molecule has 0 aliphatic carbocycles. The van der Waals surface area contributed by atoms with Gasteiger partial charge in [0.25, 0.3) is 5.91 Å². The van der Waals surface area contributed by atoms with Gasteiger partial charge in [0.1, 0.15) is 5.00 Å². The van der Waals surface area contributed by atoms with Crippen molar-refractivity contribution in [3.63, 3.8) is 0 Å². The first-order valence-corrected chi connectivity index (χ1v) is 10.3. The van der Waals surface area contributed by atoms with Crippen molar-refractivity contribution in [2.45, 2.75) is 25.3 Å². The summed E-state index contributed by atoms with van der Waals surface area (Å²) in [5.41, 5.74) is 3.53. The Morgan fingerprint density at radius 2 is 1.69 bits per heavy atom. The van der Waals surface area contributed by atoms with Gasteiger partial charge in [-0.3, -0.25) is 4.79 Å². The first-order chi connectivity index (χ1) is 12.3. The number of nitrogens with zero attached hydrogens (tertiary/aromatic N) is 1. The SMILES string of the molecule is Cc1ccc(C)n1-c1sccc1C(=O)NCc1ccc(S(N)(=O)=O)cc1. The zero-order valence-corrected chi connectivity index (χ0v) is 16.0. The van der Waals surface area contributed by atoms with Gasteiger partial charge in [0.15, 0.2) is 0 Å². The Kier molecular flexibility index (Phi) is 4.99. The van der Waals surface area contributed by atoms with Crippen LogP contribution in [0.3, 0.4) is 0 Å². The number of rotatable bonds is 5. The highest BCUT2D eigenvalue weighted by Crippen LogP contribution is 2.26. The van der Waals surface area contributed by atoms with E-state index in [0.29, 0.717) is 12.1 Å². The third-order valence-electron chi connectivity index (χ3n) is 4.07. The lowest BCUT2D eigenvalue weighted by Gasteiger charge is -2.11. The Balaban J connectivity index is 1.75. The minimum atomic E-state index is -3.71. The van der Waals surface area contributed by atoms with E-state index in [1.54, 1.807) is 18.2 Å². The number of amides is 1. The van der Waals surface area contributed by atoms with Gasteiger partial charge in [-0.05, 0) is 55.1 Å². The van der Waals surface area contributed by atoms with Gasteiger partial charge in [0.05, 0.1) is 10.5 Å². The molecule has 3 rings (SSSR count). The molecule has 0 bridgehead atoms. The normalized spacial score (nSPS) is 11.5. The Labute approximate surface area is 156 Å². The van der Waals surface area contributed by atoms with Gasteiger partial charge in [-0.2, -0.15) is 0 Å². The number of primary sulfonamides is 1. The molecule has 0 radical (unpaired) electrons. The lowest BCUT2D eigenvalue weighted by atomic mass is 10.2. The van der Waals surface area contributed by atoms with Crippen molar-refractivity contribution in [1.29, 1.82) is 0 Å². The second kappa shape index (κ2) is 7.06. The van der Waals surface area contributed by atoms with Crippen LogP contribution in [0.2, 0.25) is 0 Å². The molecule has 0 saturated heterocycles. The molecular weight excluding hydrogens is 370 g/mol. The van der Waals surface area contributed by atoms with Crippen LogP contribution >= 0.6 is 11.3 Å². The van der Waals surface area contributed by atoms with Crippen LogP contribution in [-0.4, -0.2) is 18.9 Å². The highest BCUT2D eigenvalue weighted by molar-refractivity contribution is 7.89. The van der Waals surface area contributed by atoms with E-state index in [1.807, 2.05) is 31.4 Å². The molecular formula is C18H19N3O3S2. The molecule has 6 nitrogen and oxygen atoms in total. The monoisotopic (exact) mass is 389 g/mol. The van der Waals surface area contributed by atoms with Crippen molar-refractivity contribution in [2.24, 2.45) is 5.14 Å². The number of carbonyl (C=O) groups excluding carboxylic acids is 1. The molecule has 2 aromatic heterocycles. The van der Waals surface area contributed by atoms with E-state index in [0.717, 1.165) is 22.0 Å². The molecule has 0 aliphatic rings. The number of thiophene rings is 1. The van der Waals surface area contributed by atoms with Crippen LogP contribution in [0, 0.1) is 13.8 Å². The number of carbonyl (C=O) groups is 1. The smallest absolute Gasteiger partial charge is 0.254 e. The fourth-order valence-corrected chi connectivity index (χ4v) is 4.24. The van der Waals surface area contributed by atoms with Crippen molar-refractivity contribution in [1.82, 2.24) is 9.88 Å². The molecule has 2 heterocycles. The summed E-state index contributed by atoms with van der Waals surface area (Å²) in [5, 5.41) is 10.7. The molecule has 26 heavy (non-hydrogen) atoms. The van der Waals surface area contributed by atoms with Crippen LogP contribution in [-0.2, 0) is 16.6 Å². The van der Waals surface area contributed by atoms with Crippen LogP contribution in [0.5, 0.6) is 0 Å². The van der Waals surface area contributed by atoms with E-state index in [-0.39, 0.29) is 10.8 Å². The van der Waals surface area contributed by atoms with Crippen LogP contribution in [0.4, 0.5) is 0 Å². The van der Waals surface area contributed by atoms with Gasteiger partial charge in [-0.15, -0.1) is 11.3 Å². The lowest BCUT2D eigenvalue weighted by molar-refractivity contribution is 0.0951.